The number of anilines is 1. The van der Waals surface area contributed by atoms with Crippen LogP contribution in [0.5, 0.6) is 0 Å². The van der Waals surface area contributed by atoms with E-state index in [1.54, 1.807) is 25.1 Å². The molecule has 2 aromatic heterocycles. The van der Waals surface area contributed by atoms with E-state index in [-0.39, 0.29) is 32.2 Å². The first-order valence-corrected chi connectivity index (χ1v) is 9.47. The number of sulfonamides is 1. The molecule has 3 rings (SSSR count). The van der Waals surface area contributed by atoms with Crippen molar-refractivity contribution < 1.29 is 18.3 Å². The molecule has 1 amide bonds. The number of rotatable bonds is 3. The quantitative estimate of drug-likeness (QED) is 0.846. The lowest BCUT2D eigenvalue weighted by Gasteiger charge is -2.28. The minimum atomic E-state index is -3.97. The third kappa shape index (κ3) is 2.64. The number of thiophene rings is 1. The normalized spacial score (nSPS) is 16.0. The molecule has 2 N–H and O–H groups in total. The molecule has 10 heteroatoms. The topological polar surface area (TPSA) is 99.6 Å². The molecule has 2 aromatic rings. The monoisotopic (exact) mass is 385 g/mol. The first kappa shape index (κ1) is 16.7. The van der Waals surface area contributed by atoms with Crippen molar-refractivity contribution in [3.63, 3.8) is 0 Å². The Bertz CT molecular complexity index is 938. The number of carbonyl (C=O) groups is 1. The number of pyridine rings is 1. The lowest BCUT2D eigenvalue weighted by atomic mass is 10.2. The van der Waals surface area contributed by atoms with Crippen LogP contribution in [0.15, 0.2) is 41.1 Å². The molecule has 3 heterocycles. The second-order valence-corrected chi connectivity index (χ2v) is 8.29. The van der Waals surface area contributed by atoms with Gasteiger partial charge in [0.15, 0.2) is 11.5 Å². The number of nitrogens with zero attached hydrogens (tertiary/aromatic N) is 2. The Labute approximate surface area is 147 Å². The molecule has 0 aromatic carbocycles. The second kappa shape index (κ2) is 6.08. The zero-order chi connectivity index (χ0) is 17.5. The van der Waals surface area contributed by atoms with E-state index in [0.717, 1.165) is 15.6 Å². The van der Waals surface area contributed by atoms with Gasteiger partial charge in [-0.1, -0.05) is 17.7 Å². The zero-order valence-electron chi connectivity index (χ0n) is 12.4. The third-order valence-corrected chi connectivity index (χ3v) is 6.63. The molecule has 1 aliphatic heterocycles. The first-order valence-electron chi connectivity index (χ1n) is 6.84. The Balaban J connectivity index is 2.12. The van der Waals surface area contributed by atoms with Crippen molar-refractivity contribution in [1.82, 2.24) is 9.29 Å². The van der Waals surface area contributed by atoms with Gasteiger partial charge in [-0.05, 0) is 25.1 Å². The summed E-state index contributed by atoms with van der Waals surface area (Å²) in [7, 11) is -3.97. The summed E-state index contributed by atoms with van der Waals surface area (Å²) in [4.78, 5) is 16.4. The van der Waals surface area contributed by atoms with Gasteiger partial charge in [0.2, 0.25) is 0 Å². The fourth-order valence-electron chi connectivity index (χ4n) is 2.33. The maximum Gasteiger partial charge on any atom is 0.278 e. The van der Waals surface area contributed by atoms with Crippen LogP contribution in [0.25, 0.3) is 5.76 Å². The molecule has 0 aliphatic carbocycles. The van der Waals surface area contributed by atoms with Gasteiger partial charge < -0.3 is 10.4 Å². The Morgan fingerprint density at radius 3 is 2.83 bits per heavy atom. The lowest BCUT2D eigenvalue weighted by molar-refractivity contribution is -0.113. The largest absolute Gasteiger partial charge is 0.504 e. The molecule has 0 radical (unpaired) electrons. The molecule has 24 heavy (non-hydrogen) atoms. The van der Waals surface area contributed by atoms with E-state index in [1.807, 2.05) is 0 Å². The van der Waals surface area contributed by atoms with Gasteiger partial charge in [0.1, 0.15) is 10.7 Å². The Morgan fingerprint density at radius 2 is 2.21 bits per heavy atom. The van der Waals surface area contributed by atoms with Crippen LogP contribution in [0, 0.1) is 0 Å². The molecule has 0 spiro atoms. The van der Waals surface area contributed by atoms with E-state index in [2.05, 4.69) is 10.3 Å². The van der Waals surface area contributed by atoms with Gasteiger partial charge in [0, 0.05) is 12.7 Å². The van der Waals surface area contributed by atoms with Gasteiger partial charge in [-0.3, -0.25) is 9.10 Å². The van der Waals surface area contributed by atoms with E-state index in [4.69, 9.17) is 11.6 Å². The number of aromatic nitrogens is 1. The van der Waals surface area contributed by atoms with Gasteiger partial charge >= 0.3 is 0 Å². The number of amides is 1. The SMILES string of the molecule is CCN1C(C(=O)Nc2ccccn2)=C(O)c2sc(Cl)cc2S1(=O)=O. The second-order valence-electron chi connectivity index (χ2n) is 4.78. The van der Waals surface area contributed by atoms with Crippen molar-refractivity contribution in [2.45, 2.75) is 11.8 Å². The van der Waals surface area contributed by atoms with Gasteiger partial charge in [-0.25, -0.2) is 13.4 Å². The summed E-state index contributed by atoms with van der Waals surface area (Å²) in [6.07, 6.45) is 1.48. The average molecular weight is 386 g/mol. The van der Waals surface area contributed by atoms with Gasteiger partial charge in [-0.15, -0.1) is 11.3 Å². The van der Waals surface area contributed by atoms with Gasteiger partial charge in [-0.2, -0.15) is 0 Å². The van der Waals surface area contributed by atoms with Crippen molar-refractivity contribution in [3.8, 4) is 0 Å². The number of nitrogens with one attached hydrogen (secondary N) is 1. The van der Waals surface area contributed by atoms with Crippen LogP contribution < -0.4 is 5.32 Å². The predicted molar refractivity (Wildman–Crippen MR) is 91.3 cm³/mol. The molecule has 7 nitrogen and oxygen atoms in total. The molecule has 126 valence electrons. The van der Waals surface area contributed by atoms with Crippen LogP contribution in [0.4, 0.5) is 5.82 Å². The van der Waals surface area contributed by atoms with Crippen LogP contribution in [-0.2, 0) is 14.8 Å². The number of fused-ring (bicyclic) bond motifs is 1. The highest BCUT2D eigenvalue weighted by atomic mass is 35.5. The van der Waals surface area contributed by atoms with E-state index in [0.29, 0.717) is 0 Å². The first-order chi connectivity index (χ1) is 11.4. The molecule has 0 atom stereocenters. The average Bonchev–Trinajstić information content (AvgIpc) is 2.94. The van der Waals surface area contributed by atoms with Crippen LogP contribution in [0.1, 0.15) is 11.8 Å². The standard InChI is InChI=1S/C14H12ClN3O4S2/c1-2-18-11(14(20)17-10-5-3-4-6-16-10)12(19)13-8(24(18,21)22)7-9(15)23-13/h3-7,19H,2H2,1H3,(H,16,17,20). The van der Waals surface area contributed by atoms with Crippen LogP contribution in [-0.4, -0.2) is 35.3 Å². The summed E-state index contributed by atoms with van der Waals surface area (Å²) in [6, 6.07) is 6.17. The maximum absolute atomic E-state index is 12.7. The van der Waals surface area contributed by atoms with E-state index < -0.39 is 21.7 Å². The molecule has 1 aliphatic rings. The molecule has 0 unspecified atom stereocenters. The van der Waals surface area contributed by atoms with Crippen LogP contribution in [0.3, 0.4) is 0 Å². The van der Waals surface area contributed by atoms with Crippen LogP contribution >= 0.6 is 22.9 Å². The fraction of sp³-hybridized carbons (Fsp3) is 0.143. The maximum atomic E-state index is 12.7. The van der Waals surface area contributed by atoms with E-state index >= 15 is 0 Å². The lowest BCUT2D eigenvalue weighted by Crippen LogP contribution is -2.39. The fourth-order valence-corrected chi connectivity index (χ4v) is 5.56. The number of aliphatic hydroxyl groups excluding tert-OH is 1. The van der Waals surface area contributed by atoms with Crippen molar-refractivity contribution in [2.24, 2.45) is 0 Å². The predicted octanol–water partition coefficient (Wildman–Crippen LogP) is 2.69. The van der Waals surface area contributed by atoms with E-state index in [9.17, 15) is 18.3 Å². The number of halogens is 1. The third-order valence-electron chi connectivity index (χ3n) is 3.33. The summed E-state index contributed by atoms with van der Waals surface area (Å²) < 4.78 is 26.4. The van der Waals surface area contributed by atoms with Crippen LogP contribution in [0.2, 0.25) is 4.34 Å². The van der Waals surface area contributed by atoms with Crippen molar-refractivity contribution >= 4 is 50.4 Å². The highest BCUT2D eigenvalue weighted by Crippen LogP contribution is 2.42. The molecule has 0 fully saturated rings. The summed E-state index contributed by atoms with van der Waals surface area (Å²) in [5.74, 6) is -0.954. The zero-order valence-corrected chi connectivity index (χ0v) is 14.7. The summed E-state index contributed by atoms with van der Waals surface area (Å²) in [5, 5.41) is 12.9. The van der Waals surface area contributed by atoms with Gasteiger partial charge in [0.25, 0.3) is 15.9 Å². The highest BCUT2D eigenvalue weighted by Gasteiger charge is 2.41. The smallest absolute Gasteiger partial charge is 0.278 e. The van der Waals surface area contributed by atoms with Crippen molar-refractivity contribution in [1.29, 1.82) is 0 Å². The van der Waals surface area contributed by atoms with Crippen molar-refractivity contribution in [3.05, 3.63) is 45.4 Å². The molecule has 0 bridgehead atoms. The summed E-state index contributed by atoms with van der Waals surface area (Å²) >= 11 is 6.78. The number of aliphatic hydroxyl groups is 1. The number of hydrogen-bond donors (Lipinski definition) is 2. The van der Waals surface area contributed by atoms with E-state index in [1.165, 1.54) is 12.3 Å². The molecule has 0 saturated carbocycles. The minimum Gasteiger partial charge on any atom is -0.504 e. The number of hydrogen-bond acceptors (Lipinski definition) is 6. The van der Waals surface area contributed by atoms with Gasteiger partial charge in [0.05, 0.1) is 9.21 Å². The molecular weight excluding hydrogens is 374 g/mol. The Kier molecular flexibility index (Phi) is 4.24. The Morgan fingerprint density at radius 1 is 1.46 bits per heavy atom. The minimum absolute atomic E-state index is 0.0235. The summed E-state index contributed by atoms with van der Waals surface area (Å²) in [5.41, 5.74) is -0.353. The summed E-state index contributed by atoms with van der Waals surface area (Å²) in [6.45, 7) is 1.54. The van der Waals surface area contributed by atoms with Crippen molar-refractivity contribution in [2.75, 3.05) is 11.9 Å². The highest BCUT2D eigenvalue weighted by molar-refractivity contribution is 7.89. The number of likely N-dealkylation sites (N-methyl/N-ethyl adjacent to an activating group) is 1. The number of carbonyl (C=O) groups excluding carboxylic acids is 1. The molecule has 0 saturated heterocycles. The molecular formula is C14H12ClN3O4S2. The Hall–Kier alpha value is -2.10.